The molecule has 0 radical (unpaired) electrons. The Balaban J connectivity index is 1.53. The average molecular weight is 328 g/mol. The number of benzene rings is 1. The molecule has 2 aromatic rings. The van der Waals surface area contributed by atoms with E-state index in [1.807, 2.05) is 25.2 Å². The number of ether oxygens (including phenoxy) is 1. The number of hydrogen-bond acceptors (Lipinski definition) is 4. The van der Waals surface area contributed by atoms with E-state index in [4.69, 9.17) is 4.74 Å². The van der Waals surface area contributed by atoms with Gasteiger partial charge in [-0.15, -0.1) is 0 Å². The average Bonchev–Trinajstić information content (AvgIpc) is 3.16. The SMILES string of the molecule is CN=C(NCc1ccn[nH]1)N1CCN(c2ccc(OC)cc2)CC1. The lowest BCUT2D eigenvalue weighted by Crippen LogP contribution is -2.52. The molecule has 0 bridgehead atoms. The summed E-state index contributed by atoms with van der Waals surface area (Å²) < 4.78 is 5.22. The van der Waals surface area contributed by atoms with Gasteiger partial charge >= 0.3 is 0 Å². The maximum atomic E-state index is 5.22. The van der Waals surface area contributed by atoms with Crippen LogP contribution >= 0.6 is 0 Å². The second kappa shape index (κ2) is 7.72. The number of H-pyrrole nitrogens is 1. The molecule has 1 saturated heterocycles. The highest BCUT2D eigenvalue weighted by Gasteiger charge is 2.19. The lowest BCUT2D eigenvalue weighted by Gasteiger charge is -2.37. The Morgan fingerprint density at radius 2 is 1.96 bits per heavy atom. The fraction of sp³-hybridized carbons (Fsp3) is 0.412. The van der Waals surface area contributed by atoms with Crippen LogP contribution in [0.15, 0.2) is 41.5 Å². The predicted octanol–water partition coefficient (Wildman–Crippen LogP) is 1.32. The van der Waals surface area contributed by atoms with Crippen LogP contribution in [-0.2, 0) is 6.54 Å². The summed E-state index contributed by atoms with van der Waals surface area (Å²) in [5, 5.41) is 10.3. The van der Waals surface area contributed by atoms with Crippen LogP contribution in [0.4, 0.5) is 5.69 Å². The molecule has 0 amide bonds. The second-order valence-electron chi connectivity index (χ2n) is 5.65. The molecule has 1 aliphatic heterocycles. The van der Waals surface area contributed by atoms with Gasteiger partial charge in [-0.25, -0.2) is 0 Å². The maximum Gasteiger partial charge on any atom is 0.194 e. The molecule has 24 heavy (non-hydrogen) atoms. The van der Waals surface area contributed by atoms with E-state index >= 15 is 0 Å². The van der Waals surface area contributed by atoms with Gasteiger partial charge in [0.1, 0.15) is 5.75 Å². The third-order valence-corrected chi connectivity index (χ3v) is 4.22. The molecule has 0 saturated carbocycles. The van der Waals surface area contributed by atoms with Crippen molar-refractivity contribution in [3.05, 3.63) is 42.2 Å². The van der Waals surface area contributed by atoms with Gasteiger partial charge in [0.05, 0.1) is 19.3 Å². The van der Waals surface area contributed by atoms with E-state index in [0.717, 1.165) is 43.6 Å². The van der Waals surface area contributed by atoms with E-state index in [0.29, 0.717) is 6.54 Å². The Bertz CT molecular complexity index is 644. The number of anilines is 1. The minimum atomic E-state index is 0.700. The summed E-state index contributed by atoms with van der Waals surface area (Å²) in [5.74, 6) is 1.82. The number of nitrogens with zero attached hydrogens (tertiary/aromatic N) is 4. The first kappa shape index (κ1) is 16.2. The first-order valence-corrected chi connectivity index (χ1v) is 8.13. The Morgan fingerprint density at radius 1 is 1.21 bits per heavy atom. The van der Waals surface area contributed by atoms with E-state index in [1.54, 1.807) is 13.3 Å². The van der Waals surface area contributed by atoms with Crippen LogP contribution in [0.25, 0.3) is 0 Å². The zero-order chi connectivity index (χ0) is 16.8. The smallest absolute Gasteiger partial charge is 0.194 e. The first-order chi connectivity index (χ1) is 11.8. The molecule has 0 unspecified atom stereocenters. The molecular formula is C17H24N6O. The fourth-order valence-corrected chi connectivity index (χ4v) is 2.86. The minimum absolute atomic E-state index is 0.700. The Morgan fingerprint density at radius 3 is 2.54 bits per heavy atom. The number of nitrogens with one attached hydrogen (secondary N) is 2. The van der Waals surface area contributed by atoms with Crippen molar-refractivity contribution in [2.75, 3.05) is 45.2 Å². The van der Waals surface area contributed by atoms with Crippen molar-refractivity contribution in [1.82, 2.24) is 20.4 Å². The monoisotopic (exact) mass is 328 g/mol. The molecule has 0 aliphatic carbocycles. The van der Waals surface area contributed by atoms with Crippen LogP contribution in [-0.4, -0.2) is 61.4 Å². The number of piperazine rings is 1. The summed E-state index contributed by atoms with van der Waals surface area (Å²) in [6.07, 6.45) is 1.76. The molecule has 2 N–H and O–H groups in total. The topological polar surface area (TPSA) is 68.8 Å². The van der Waals surface area contributed by atoms with E-state index in [9.17, 15) is 0 Å². The third-order valence-electron chi connectivity index (χ3n) is 4.22. The van der Waals surface area contributed by atoms with E-state index in [2.05, 4.69) is 42.4 Å². The van der Waals surface area contributed by atoms with Crippen LogP contribution in [0.1, 0.15) is 5.69 Å². The number of hydrogen-bond donors (Lipinski definition) is 2. The summed E-state index contributed by atoms with van der Waals surface area (Å²) in [6.45, 7) is 4.52. The summed E-state index contributed by atoms with van der Waals surface area (Å²) >= 11 is 0. The maximum absolute atomic E-state index is 5.22. The van der Waals surface area contributed by atoms with Crippen molar-refractivity contribution in [3.8, 4) is 5.75 Å². The van der Waals surface area contributed by atoms with Crippen LogP contribution in [0.5, 0.6) is 5.75 Å². The Kier molecular flexibility index (Phi) is 5.20. The largest absolute Gasteiger partial charge is 0.497 e. The molecule has 1 fully saturated rings. The first-order valence-electron chi connectivity index (χ1n) is 8.13. The van der Waals surface area contributed by atoms with Crippen molar-refractivity contribution in [1.29, 1.82) is 0 Å². The van der Waals surface area contributed by atoms with Crippen LogP contribution in [0, 0.1) is 0 Å². The normalized spacial score (nSPS) is 15.5. The number of aliphatic imine (C=N–C) groups is 1. The number of methoxy groups -OCH3 is 1. The second-order valence-corrected chi connectivity index (χ2v) is 5.65. The molecule has 2 heterocycles. The molecule has 1 aromatic heterocycles. The predicted molar refractivity (Wildman–Crippen MR) is 95.6 cm³/mol. The van der Waals surface area contributed by atoms with Gasteiger partial charge in [0, 0.05) is 45.1 Å². The highest BCUT2D eigenvalue weighted by molar-refractivity contribution is 5.80. The van der Waals surface area contributed by atoms with Gasteiger partial charge in [-0.2, -0.15) is 5.10 Å². The van der Waals surface area contributed by atoms with Gasteiger partial charge in [-0.05, 0) is 30.3 Å². The molecule has 7 nitrogen and oxygen atoms in total. The van der Waals surface area contributed by atoms with Crippen molar-refractivity contribution in [2.24, 2.45) is 4.99 Å². The molecule has 0 atom stereocenters. The van der Waals surface area contributed by atoms with Crippen LogP contribution in [0.3, 0.4) is 0 Å². The van der Waals surface area contributed by atoms with Gasteiger partial charge in [0.15, 0.2) is 5.96 Å². The summed E-state index contributed by atoms with van der Waals surface area (Å²) in [5.41, 5.74) is 2.28. The Labute approximate surface area is 142 Å². The van der Waals surface area contributed by atoms with Gasteiger partial charge in [-0.1, -0.05) is 0 Å². The van der Waals surface area contributed by atoms with Gasteiger partial charge in [-0.3, -0.25) is 10.1 Å². The molecule has 3 rings (SSSR count). The zero-order valence-electron chi connectivity index (χ0n) is 14.2. The van der Waals surface area contributed by atoms with Gasteiger partial charge in [0.25, 0.3) is 0 Å². The molecule has 7 heteroatoms. The number of guanidine groups is 1. The van der Waals surface area contributed by atoms with Crippen LogP contribution < -0.4 is 15.0 Å². The summed E-state index contributed by atoms with van der Waals surface area (Å²) in [7, 11) is 3.51. The molecule has 1 aromatic carbocycles. The van der Waals surface area contributed by atoms with Gasteiger partial charge in [0.2, 0.25) is 0 Å². The molecule has 1 aliphatic rings. The zero-order valence-corrected chi connectivity index (χ0v) is 14.2. The highest BCUT2D eigenvalue weighted by Crippen LogP contribution is 2.20. The number of aromatic amines is 1. The van der Waals surface area contributed by atoms with Crippen molar-refractivity contribution < 1.29 is 4.74 Å². The van der Waals surface area contributed by atoms with E-state index < -0.39 is 0 Å². The molecular weight excluding hydrogens is 304 g/mol. The van der Waals surface area contributed by atoms with Crippen molar-refractivity contribution in [3.63, 3.8) is 0 Å². The van der Waals surface area contributed by atoms with Crippen molar-refractivity contribution in [2.45, 2.75) is 6.54 Å². The number of rotatable bonds is 4. The summed E-state index contributed by atoms with van der Waals surface area (Å²) in [6, 6.07) is 10.2. The standard InChI is InChI=1S/C17H24N6O/c1-18-17(19-13-14-7-8-20-21-14)23-11-9-22(10-12-23)15-3-5-16(24-2)6-4-15/h3-8H,9-13H2,1-2H3,(H,18,19)(H,20,21). The Hall–Kier alpha value is -2.70. The number of aromatic nitrogens is 2. The van der Waals surface area contributed by atoms with E-state index in [-0.39, 0.29) is 0 Å². The summed E-state index contributed by atoms with van der Waals surface area (Å²) in [4.78, 5) is 9.07. The molecule has 128 valence electrons. The van der Waals surface area contributed by atoms with E-state index in [1.165, 1.54) is 5.69 Å². The fourth-order valence-electron chi connectivity index (χ4n) is 2.86. The molecule has 0 spiro atoms. The minimum Gasteiger partial charge on any atom is -0.497 e. The highest BCUT2D eigenvalue weighted by atomic mass is 16.5. The quantitative estimate of drug-likeness (QED) is 0.654. The van der Waals surface area contributed by atoms with Crippen molar-refractivity contribution >= 4 is 11.6 Å². The lowest BCUT2D eigenvalue weighted by atomic mass is 10.2. The van der Waals surface area contributed by atoms with Gasteiger partial charge < -0.3 is 19.9 Å². The lowest BCUT2D eigenvalue weighted by molar-refractivity contribution is 0.372. The van der Waals surface area contributed by atoms with Crippen LogP contribution in [0.2, 0.25) is 0 Å². The third kappa shape index (κ3) is 3.79.